The minimum Gasteiger partial charge on any atom is -0.382 e. The summed E-state index contributed by atoms with van der Waals surface area (Å²) in [7, 11) is 0. The maximum absolute atomic E-state index is 5.65. The summed E-state index contributed by atoms with van der Waals surface area (Å²) in [4.78, 5) is 0. The minimum absolute atomic E-state index is 0.673. The second kappa shape index (κ2) is 3.40. The molecule has 0 unspecified atom stereocenters. The van der Waals surface area contributed by atoms with Crippen molar-refractivity contribution in [3.05, 3.63) is 11.8 Å². The van der Waals surface area contributed by atoms with Crippen LogP contribution in [0.1, 0.15) is 31.2 Å². The predicted octanol–water partition coefficient (Wildman–Crippen LogP) is 1.96. The lowest BCUT2D eigenvalue weighted by Crippen LogP contribution is -1.99. The molecule has 0 aromatic carbocycles. The Kier molecular flexibility index (Phi) is 2.25. The van der Waals surface area contributed by atoms with Crippen LogP contribution in [0.4, 0.5) is 5.82 Å². The molecule has 0 amide bonds. The van der Waals surface area contributed by atoms with Crippen LogP contribution in [0.2, 0.25) is 0 Å². The van der Waals surface area contributed by atoms with Gasteiger partial charge in [0.25, 0.3) is 0 Å². The van der Waals surface area contributed by atoms with Gasteiger partial charge in [-0.1, -0.05) is 12.8 Å². The van der Waals surface area contributed by atoms with Crippen molar-refractivity contribution in [2.45, 2.75) is 39.2 Å². The number of aromatic nitrogens is 2. The van der Waals surface area contributed by atoms with E-state index in [9.17, 15) is 0 Å². The second-order valence-corrected chi connectivity index (χ2v) is 4.05. The Bertz CT molecular complexity index is 267. The van der Waals surface area contributed by atoms with Gasteiger partial charge in [0.05, 0.1) is 0 Å². The van der Waals surface area contributed by atoms with Crippen LogP contribution in [0.15, 0.2) is 6.20 Å². The van der Waals surface area contributed by atoms with Crippen molar-refractivity contribution < 1.29 is 0 Å². The van der Waals surface area contributed by atoms with Gasteiger partial charge in [-0.3, -0.25) is 4.68 Å². The van der Waals surface area contributed by atoms with Gasteiger partial charge in [-0.25, -0.2) is 0 Å². The SMILES string of the molecule is Cc1cn(CCCC2CC2)nc1N. The summed E-state index contributed by atoms with van der Waals surface area (Å²) in [5, 5.41) is 4.22. The van der Waals surface area contributed by atoms with Crippen LogP contribution >= 0.6 is 0 Å². The van der Waals surface area contributed by atoms with Crippen molar-refractivity contribution in [1.29, 1.82) is 0 Å². The quantitative estimate of drug-likeness (QED) is 0.768. The Morgan fingerprint density at radius 2 is 2.38 bits per heavy atom. The lowest BCUT2D eigenvalue weighted by Gasteiger charge is -1.99. The van der Waals surface area contributed by atoms with Crippen molar-refractivity contribution in [3.8, 4) is 0 Å². The van der Waals surface area contributed by atoms with E-state index in [0.29, 0.717) is 5.82 Å². The average Bonchev–Trinajstić information content (AvgIpc) is 2.82. The zero-order valence-electron chi connectivity index (χ0n) is 8.16. The van der Waals surface area contributed by atoms with Crippen LogP contribution in [0.25, 0.3) is 0 Å². The maximum atomic E-state index is 5.65. The fraction of sp³-hybridized carbons (Fsp3) is 0.700. The molecule has 0 atom stereocenters. The molecule has 1 saturated carbocycles. The molecule has 3 heteroatoms. The van der Waals surface area contributed by atoms with Gasteiger partial charge in [0.2, 0.25) is 0 Å². The molecule has 0 aliphatic heterocycles. The normalized spacial score (nSPS) is 16.4. The van der Waals surface area contributed by atoms with Crippen LogP contribution in [-0.4, -0.2) is 9.78 Å². The van der Waals surface area contributed by atoms with E-state index in [1.54, 1.807) is 0 Å². The topological polar surface area (TPSA) is 43.8 Å². The molecule has 3 nitrogen and oxygen atoms in total. The van der Waals surface area contributed by atoms with Crippen molar-refractivity contribution >= 4 is 5.82 Å². The number of nitrogens with two attached hydrogens (primary N) is 1. The molecular weight excluding hydrogens is 162 g/mol. The highest BCUT2D eigenvalue weighted by molar-refractivity contribution is 5.35. The molecule has 0 radical (unpaired) electrons. The van der Waals surface area contributed by atoms with E-state index in [4.69, 9.17) is 5.73 Å². The minimum atomic E-state index is 0.673. The van der Waals surface area contributed by atoms with Gasteiger partial charge >= 0.3 is 0 Å². The number of rotatable bonds is 4. The number of aryl methyl sites for hydroxylation is 2. The fourth-order valence-corrected chi connectivity index (χ4v) is 1.60. The van der Waals surface area contributed by atoms with E-state index < -0.39 is 0 Å². The smallest absolute Gasteiger partial charge is 0.148 e. The average molecular weight is 179 g/mol. The monoisotopic (exact) mass is 179 g/mol. The zero-order chi connectivity index (χ0) is 9.26. The highest BCUT2D eigenvalue weighted by Crippen LogP contribution is 2.33. The fourth-order valence-electron chi connectivity index (χ4n) is 1.60. The van der Waals surface area contributed by atoms with E-state index in [1.165, 1.54) is 25.7 Å². The van der Waals surface area contributed by atoms with E-state index in [2.05, 4.69) is 5.10 Å². The molecule has 2 N–H and O–H groups in total. The summed E-state index contributed by atoms with van der Waals surface area (Å²) in [5.41, 5.74) is 6.74. The summed E-state index contributed by atoms with van der Waals surface area (Å²) >= 11 is 0. The molecule has 1 aliphatic rings. The lowest BCUT2D eigenvalue weighted by atomic mass is 10.2. The molecular formula is C10H17N3. The van der Waals surface area contributed by atoms with Crippen molar-refractivity contribution in [3.63, 3.8) is 0 Å². The number of hydrogen-bond donors (Lipinski definition) is 1. The van der Waals surface area contributed by atoms with Crippen LogP contribution in [0.5, 0.6) is 0 Å². The zero-order valence-corrected chi connectivity index (χ0v) is 8.16. The van der Waals surface area contributed by atoms with Crippen LogP contribution < -0.4 is 5.73 Å². The molecule has 1 aliphatic carbocycles. The Balaban J connectivity index is 1.79. The van der Waals surface area contributed by atoms with Gasteiger partial charge in [-0.15, -0.1) is 0 Å². The Labute approximate surface area is 78.9 Å². The first-order chi connectivity index (χ1) is 6.25. The lowest BCUT2D eigenvalue weighted by molar-refractivity contribution is 0.537. The predicted molar refractivity (Wildman–Crippen MR) is 53.3 cm³/mol. The van der Waals surface area contributed by atoms with E-state index in [-0.39, 0.29) is 0 Å². The van der Waals surface area contributed by atoms with Gasteiger partial charge in [0.15, 0.2) is 0 Å². The molecule has 1 aromatic rings. The Morgan fingerprint density at radius 3 is 2.92 bits per heavy atom. The molecule has 0 saturated heterocycles. The van der Waals surface area contributed by atoms with Crippen LogP contribution in [-0.2, 0) is 6.54 Å². The van der Waals surface area contributed by atoms with Gasteiger partial charge < -0.3 is 5.73 Å². The number of nitrogens with zero attached hydrogens (tertiary/aromatic N) is 2. The van der Waals surface area contributed by atoms with Gasteiger partial charge in [0.1, 0.15) is 5.82 Å². The largest absolute Gasteiger partial charge is 0.382 e. The first kappa shape index (κ1) is 8.60. The van der Waals surface area contributed by atoms with Crippen LogP contribution in [0, 0.1) is 12.8 Å². The third-order valence-electron chi connectivity index (χ3n) is 2.68. The number of anilines is 1. The summed E-state index contributed by atoms with van der Waals surface area (Å²) in [6, 6.07) is 0. The highest BCUT2D eigenvalue weighted by atomic mass is 15.3. The summed E-state index contributed by atoms with van der Waals surface area (Å²) in [5.74, 6) is 1.69. The van der Waals surface area contributed by atoms with E-state index >= 15 is 0 Å². The molecule has 0 spiro atoms. The summed E-state index contributed by atoms with van der Waals surface area (Å²) in [6.45, 7) is 3.02. The van der Waals surface area contributed by atoms with Gasteiger partial charge in [-0.05, 0) is 25.7 Å². The number of nitrogen functional groups attached to an aromatic ring is 1. The van der Waals surface area contributed by atoms with Gasteiger partial charge in [0, 0.05) is 18.3 Å². The van der Waals surface area contributed by atoms with Gasteiger partial charge in [-0.2, -0.15) is 5.10 Å². The number of hydrogen-bond acceptors (Lipinski definition) is 2. The molecule has 2 rings (SSSR count). The molecule has 1 fully saturated rings. The molecule has 72 valence electrons. The molecule has 0 bridgehead atoms. The van der Waals surface area contributed by atoms with E-state index in [0.717, 1.165) is 18.0 Å². The standard InChI is InChI=1S/C10H17N3/c1-8-7-13(12-10(8)11)6-2-3-9-4-5-9/h7,9H,2-6H2,1H3,(H2,11,12). The van der Waals surface area contributed by atoms with Crippen molar-refractivity contribution in [1.82, 2.24) is 9.78 Å². The second-order valence-electron chi connectivity index (χ2n) is 4.05. The third-order valence-corrected chi connectivity index (χ3v) is 2.68. The molecule has 1 heterocycles. The summed E-state index contributed by atoms with van der Waals surface area (Å²) in [6.07, 6.45) is 7.52. The summed E-state index contributed by atoms with van der Waals surface area (Å²) < 4.78 is 1.97. The Hall–Kier alpha value is -0.990. The van der Waals surface area contributed by atoms with E-state index in [1.807, 2.05) is 17.8 Å². The van der Waals surface area contributed by atoms with Crippen molar-refractivity contribution in [2.75, 3.05) is 5.73 Å². The first-order valence-corrected chi connectivity index (χ1v) is 5.05. The highest BCUT2D eigenvalue weighted by Gasteiger charge is 2.20. The molecule has 13 heavy (non-hydrogen) atoms. The maximum Gasteiger partial charge on any atom is 0.148 e. The van der Waals surface area contributed by atoms with Crippen molar-refractivity contribution in [2.24, 2.45) is 5.92 Å². The molecule has 1 aromatic heterocycles. The Morgan fingerprint density at radius 1 is 1.62 bits per heavy atom. The first-order valence-electron chi connectivity index (χ1n) is 5.05. The van der Waals surface area contributed by atoms with Crippen LogP contribution in [0.3, 0.4) is 0 Å². The third kappa shape index (κ3) is 2.23.